The number of hydrogen-bond acceptors (Lipinski definition) is 3. The van der Waals surface area contributed by atoms with Crippen molar-refractivity contribution < 1.29 is 17.6 Å². The Kier molecular flexibility index (Phi) is 5.49. The Balaban J connectivity index is 1.59. The first kappa shape index (κ1) is 18.0. The van der Waals surface area contributed by atoms with Crippen LogP contribution in [0.1, 0.15) is 31.1 Å². The topological polar surface area (TPSA) is 28.4 Å². The highest BCUT2D eigenvalue weighted by Gasteiger charge is 2.30. The number of likely N-dealkylation sites (tertiary alicyclic amines) is 1. The number of nitrogens with one attached hydrogen (secondary N) is 1. The third kappa shape index (κ3) is 4.44. The lowest BCUT2D eigenvalue weighted by atomic mass is 10.1. The number of rotatable bonds is 6. The Hall–Kier alpha value is -1.79. The maximum Gasteiger partial charge on any atom is 0.416 e. The fraction of sp³-hybridized carbons (Fsp3) is 0.474. The van der Waals surface area contributed by atoms with Gasteiger partial charge in [0.25, 0.3) is 0 Å². The van der Waals surface area contributed by atoms with Gasteiger partial charge in [0.2, 0.25) is 0 Å². The molecule has 1 unspecified atom stereocenters. The number of benzene rings is 1. The molecule has 1 N–H and O–H groups in total. The minimum absolute atomic E-state index is 0.439. The SMILES string of the molecule is CCN1CCCC1CNCc1ccc(-c2cccc(C(F)(F)F)c2)o1. The van der Waals surface area contributed by atoms with Gasteiger partial charge in [-0.1, -0.05) is 19.1 Å². The minimum atomic E-state index is -4.35. The van der Waals surface area contributed by atoms with Crippen molar-refractivity contribution in [3.63, 3.8) is 0 Å². The monoisotopic (exact) mass is 352 g/mol. The first-order valence-electron chi connectivity index (χ1n) is 8.68. The molecule has 2 aromatic rings. The number of halogens is 3. The lowest BCUT2D eigenvalue weighted by Gasteiger charge is -2.22. The maximum atomic E-state index is 12.8. The fourth-order valence-electron chi connectivity index (χ4n) is 3.38. The van der Waals surface area contributed by atoms with Gasteiger partial charge >= 0.3 is 6.18 Å². The molecular formula is C19H23F3N2O. The van der Waals surface area contributed by atoms with Crippen LogP contribution >= 0.6 is 0 Å². The number of nitrogens with zero attached hydrogens (tertiary/aromatic N) is 1. The second kappa shape index (κ2) is 7.62. The van der Waals surface area contributed by atoms with Crippen LogP contribution in [0.3, 0.4) is 0 Å². The van der Waals surface area contributed by atoms with Crippen molar-refractivity contribution in [1.29, 1.82) is 0 Å². The zero-order valence-electron chi connectivity index (χ0n) is 14.3. The second-order valence-electron chi connectivity index (χ2n) is 6.40. The lowest BCUT2D eigenvalue weighted by Crippen LogP contribution is -2.37. The summed E-state index contributed by atoms with van der Waals surface area (Å²) in [6.45, 7) is 5.86. The van der Waals surface area contributed by atoms with Crippen LogP contribution in [-0.2, 0) is 12.7 Å². The molecule has 2 heterocycles. The van der Waals surface area contributed by atoms with Crippen LogP contribution in [-0.4, -0.2) is 30.6 Å². The van der Waals surface area contributed by atoms with Crippen LogP contribution in [0, 0.1) is 0 Å². The van der Waals surface area contributed by atoms with Crippen LogP contribution in [0.15, 0.2) is 40.8 Å². The zero-order valence-corrected chi connectivity index (χ0v) is 14.3. The molecule has 0 spiro atoms. The van der Waals surface area contributed by atoms with E-state index in [1.807, 2.05) is 6.07 Å². The lowest BCUT2D eigenvalue weighted by molar-refractivity contribution is -0.137. The fourth-order valence-corrected chi connectivity index (χ4v) is 3.38. The van der Waals surface area contributed by atoms with Crippen LogP contribution in [0.4, 0.5) is 13.2 Å². The van der Waals surface area contributed by atoms with Gasteiger partial charge in [0, 0.05) is 18.2 Å². The Morgan fingerprint density at radius 1 is 1.24 bits per heavy atom. The predicted octanol–water partition coefficient (Wildman–Crippen LogP) is 4.54. The summed E-state index contributed by atoms with van der Waals surface area (Å²) in [5.74, 6) is 1.19. The van der Waals surface area contributed by atoms with E-state index >= 15 is 0 Å². The summed E-state index contributed by atoms with van der Waals surface area (Å²) in [6.07, 6.45) is -1.91. The molecule has 25 heavy (non-hydrogen) atoms. The molecule has 0 amide bonds. The van der Waals surface area contributed by atoms with E-state index in [4.69, 9.17) is 4.42 Å². The molecule has 6 heteroatoms. The highest BCUT2D eigenvalue weighted by molar-refractivity contribution is 5.58. The molecule has 1 saturated heterocycles. The highest BCUT2D eigenvalue weighted by Crippen LogP contribution is 2.32. The van der Waals surface area contributed by atoms with Crippen molar-refractivity contribution in [2.24, 2.45) is 0 Å². The van der Waals surface area contributed by atoms with Gasteiger partial charge in [-0.25, -0.2) is 0 Å². The van der Waals surface area contributed by atoms with Gasteiger partial charge in [0.1, 0.15) is 11.5 Å². The largest absolute Gasteiger partial charge is 0.460 e. The Morgan fingerprint density at radius 3 is 2.84 bits per heavy atom. The second-order valence-corrected chi connectivity index (χ2v) is 6.40. The standard InChI is InChI=1S/C19H23F3N2O/c1-2-24-10-4-7-16(24)12-23-13-17-8-9-18(25-17)14-5-3-6-15(11-14)19(20,21)22/h3,5-6,8-9,11,16,23H,2,4,7,10,12-13H2,1H3. The summed E-state index contributed by atoms with van der Waals surface area (Å²) in [4.78, 5) is 2.46. The average Bonchev–Trinajstić information content (AvgIpc) is 3.23. The third-order valence-corrected chi connectivity index (χ3v) is 4.72. The van der Waals surface area contributed by atoms with E-state index in [0.717, 1.165) is 37.5 Å². The summed E-state index contributed by atoms with van der Waals surface area (Å²) in [5.41, 5.74) is -0.226. The van der Waals surface area contributed by atoms with Crippen LogP contribution in [0.5, 0.6) is 0 Å². The van der Waals surface area contributed by atoms with Gasteiger partial charge < -0.3 is 9.73 Å². The minimum Gasteiger partial charge on any atom is -0.460 e. The van der Waals surface area contributed by atoms with Gasteiger partial charge in [-0.05, 0) is 50.2 Å². The van der Waals surface area contributed by atoms with E-state index in [1.165, 1.54) is 18.9 Å². The van der Waals surface area contributed by atoms with Crippen molar-refractivity contribution in [1.82, 2.24) is 10.2 Å². The molecule has 1 aromatic carbocycles. The van der Waals surface area contributed by atoms with E-state index in [9.17, 15) is 13.2 Å². The first-order chi connectivity index (χ1) is 12.0. The third-order valence-electron chi connectivity index (χ3n) is 4.72. The van der Waals surface area contributed by atoms with Gasteiger partial charge in [-0.3, -0.25) is 4.90 Å². The quantitative estimate of drug-likeness (QED) is 0.827. The van der Waals surface area contributed by atoms with Gasteiger partial charge in [-0.15, -0.1) is 0 Å². The van der Waals surface area contributed by atoms with Crippen LogP contribution < -0.4 is 5.32 Å². The van der Waals surface area contributed by atoms with Crippen LogP contribution in [0.25, 0.3) is 11.3 Å². The van der Waals surface area contributed by atoms with Gasteiger partial charge in [0.15, 0.2) is 0 Å². The Labute approximate surface area is 145 Å². The summed E-state index contributed by atoms with van der Waals surface area (Å²) >= 11 is 0. The van der Waals surface area contributed by atoms with E-state index in [2.05, 4.69) is 17.1 Å². The zero-order chi connectivity index (χ0) is 17.9. The molecule has 3 rings (SSSR count). The van der Waals surface area contributed by atoms with Crippen molar-refractivity contribution >= 4 is 0 Å². The van der Waals surface area contributed by atoms with Gasteiger partial charge in [-0.2, -0.15) is 13.2 Å². The molecule has 0 bridgehead atoms. The van der Waals surface area contributed by atoms with E-state index in [1.54, 1.807) is 12.1 Å². The summed E-state index contributed by atoms with van der Waals surface area (Å²) in [5, 5.41) is 3.39. The predicted molar refractivity (Wildman–Crippen MR) is 91.1 cm³/mol. The normalized spacial score (nSPS) is 18.8. The highest BCUT2D eigenvalue weighted by atomic mass is 19.4. The molecule has 1 aliphatic heterocycles. The van der Waals surface area contributed by atoms with E-state index in [0.29, 0.717) is 23.9 Å². The summed E-state index contributed by atoms with van der Waals surface area (Å²) < 4.78 is 44.2. The van der Waals surface area contributed by atoms with Crippen molar-refractivity contribution in [3.05, 3.63) is 47.7 Å². The number of alkyl halides is 3. The van der Waals surface area contributed by atoms with Crippen molar-refractivity contribution in [2.45, 2.75) is 38.5 Å². The molecule has 136 valence electrons. The maximum absolute atomic E-state index is 12.8. The average molecular weight is 352 g/mol. The van der Waals surface area contributed by atoms with Crippen LogP contribution in [0.2, 0.25) is 0 Å². The summed E-state index contributed by atoms with van der Waals surface area (Å²) in [6, 6.07) is 9.31. The Bertz CT molecular complexity index is 696. The molecule has 0 saturated carbocycles. The first-order valence-corrected chi connectivity index (χ1v) is 8.68. The number of furan rings is 1. The molecule has 1 aliphatic rings. The van der Waals surface area contributed by atoms with E-state index in [-0.39, 0.29) is 0 Å². The van der Waals surface area contributed by atoms with Crippen molar-refractivity contribution in [2.75, 3.05) is 19.6 Å². The molecular weight excluding hydrogens is 329 g/mol. The molecule has 3 nitrogen and oxygen atoms in total. The molecule has 1 atom stereocenters. The smallest absolute Gasteiger partial charge is 0.416 e. The molecule has 0 aliphatic carbocycles. The molecule has 1 aromatic heterocycles. The molecule has 1 fully saturated rings. The van der Waals surface area contributed by atoms with E-state index < -0.39 is 11.7 Å². The summed E-state index contributed by atoms with van der Waals surface area (Å²) in [7, 11) is 0. The number of hydrogen-bond donors (Lipinski definition) is 1. The van der Waals surface area contributed by atoms with Gasteiger partial charge in [0.05, 0.1) is 12.1 Å². The molecule has 0 radical (unpaired) electrons. The number of likely N-dealkylation sites (N-methyl/N-ethyl adjacent to an activating group) is 1. The Morgan fingerprint density at radius 2 is 2.08 bits per heavy atom. The van der Waals surface area contributed by atoms with Crippen molar-refractivity contribution in [3.8, 4) is 11.3 Å².